The SMILES string of the molecule is COc1cc(Cl)ccc1C(=O)N1CCC[C@@H]1COc1ccc(C(=O)NC2CC2)cc1. The fourth-order valence-electron chi connectivity index (χ4n) is 3.66. The Morgan fingerprint density at radius 3 is 2.60 bits per heavy atom. The average molecular weight is 429 g/mol. The van der Waals surface area contributed by atoms with Crippen LogP contribution in [0.3, 0.4) is 0 Å². The third-order valence-electron chi connectivity index (χ3n) is 5.50. The van der Waals surface area contributed by atoms with E-state index in [-0.39, 0.29) is 17.9 Å². The second-order valence-electron chi connectivity index (χ2n) is 7.72. The maximum absolute atomic E-state index is 13.1. The number of hydrogen-bond acceptors (Lipinski definition) is 4. The van der Waals surface area contributed by atoms with Crippen molar-refractivity contribution in [2.45, 2.75) is 37.8 Å². The van der Waals surface area contributed by atoms with Gasteiger partial charge in [0.25, 0.3) is 11.8 Å². The lowest BCUT2D eigenvalue weighted by atomic mass is 10.1. The van der Waals surface area contributed by atoms with E-state index in [0.29, 0.717) is 46.8 Å². The van der Waals surface area contributed by atoms with E-state index in [4.69, 9.17) is 21.1 Å². The number of nitrogens with one attached hydrogen (secondary N) is 1. The van der Waals surface area contributed by atoms with Crippen molar-refractivity contribution in [1.29, 1.82) is 0 Å². The van der Waals surface area contributed by atoms with E-state index >= 15 is 0 Å². The molecule has 1 saturated carbocycles. The van der Waals surface area contributed by atoms with Crippen LogP contribution in [0.5, 0.6) is 11.5 Å². The molecule has 0 unspecified atom stereocenters. The number of halogens is 1. The Balaban J connectivity index is 1.37. The Bertz CT molecular complexity index is 927. The molecule has 1 N–H and O–H groups in total. The van der Waals surface area contributed by atoms with Gasteiger partial charge in [-0.2, -0.15) is 0 Å². The maximum Gasteiger partial charge on any atom is 0.257 e. The molecule has 1 heterocycles. The molecule has 2 aromatic carbocycles. The fraction of sp³-hybridized carbons (Fsp3) is 0.391. The van der Waals surface area contributed by atoms with Crippen LogP contribution in [0.4, 0.5) is 0 Å². The number of rotatable bonds is 7. The third-order valence-corrected chi connectivity index (χ3v) is 5.74. The number of hydrogen-bond donors (Lipinski definition) is 1. The van der Waals surface area contributed by atoms with E-state index in [1.165, 1.54) is 7.11 Å². The van der Waals surface area contributed by atoms with E-state index in [1.54, 1.807) is 42.5 Å². The Morgan fingerprint density at radius 1 is 1.13 bits per heavy atom. The summed E-state index contributed by atoms with van der Waals surface area (Å²) in [6, 6.07) is 12.5. The van der Waals surface area contributed by atoms with Gasteiger partial charge in [0.05, 0.1) is 18.7 Å². The molecular formula is C23H25ClN2O4. The summed E-state index contributed by atoms with van der Waals surface area (Å²) in [6.07, 6.45) is 3.93. The minimum Gasteiger partial charge on any atom is -0.496 e. The molecule has 2 fully saturated rings. The second-order valence-corrected chi connectivity index (χ2v) is 8.16. The van der Waals surface area contributed by atoms with Gasteiger partial charge in [0, 0.05) is 23.2 Å². The smallest absolute Gasteiger partial charge is 0.257 e. The predicted octanol–water partition coefficient (Wildman–Crippen LogP) is 3.92. The average Bonchev–Trinajstić information content (AvgIpc) is 3.45. The lowest BCUT2D eigenvalue weighted by Gasteiger charge is -2.25. The van der Waals surface area contributed by atoms with E-state index < -0.39 is 0 Å². The highest BCUT2D eigenvalue weighted by Gasteiger charge is 2.31. The zero-order valence-corrected chi connectivity index (χ0v) is 17.7. The van der Waals surface area contributed by atoms with Crippen molar-refractivity contribution in [3.63, 3.8) is 0 Å². The fourth-order valence-corrected chi connectivity index (χ4v) is 3.83. The van der Waals surface area contributed by atoms with Crippen molar-refractivity contribution >= 4 is 23.4 Å². The van der Waals surface area contributed by atoms with E-state index in [1.807, 2.05) is 4.90 Å². The summed E-state index contributed by atoms with van der Waals surface area (Å²) in [5.41, 5.74) is 1.13. The van der Waals surface area contributed by atoms with Crippen molar-refractivity contribution in [3.8, 4) is 11.5 Å². The van der Waals surface area contributed by atoms with E-state index in [2.05, 4.69) is 5.32 Å². The lowest BCUT2D eigenvalue weighted by molar-refractivity contribution is 0.0688. The van der Waals surface area contributed by atoms with Gasteiger partial charge in [-0.1, -0.05) is 11.6 Å². The first-order chi connectivity index (χ1) is 14.5. The Morgan fingerprint density at radius 2 is 1.90 bits per heavy atom. The number of carbonyl (C=O) groups excluding carboxylic acids is 2. The molecule has 1 aliphatic heterocycles. The van der Waals surface area contributed by atoms with Crippen molar-refractivity contribution < 1.29 is 19.1 Å². The molecule has 2 aliphatic rings. The topological polar surface area (TPSA) is 67.9 Å². The second kappa shape index (κ2) is 8.96. The van der Waals surface area contributed by atoms with Crippen LogP contribution in [-0.2, 0) is 0 Å². The molecule has 2 amide bonds. The number of benzene rings is 2. The number of amides is 2. The van der Waals surface area contributed by atoms with Gasteiger partial charge in [0.1, 0.15) is 18.1 Å². The summed E-state index contributed by atoms with van der Waals surface area (Å²) >= 11 is 6.01. The van der Waals surface area contributed by atoms with Gasteiger partial charge in [-0.15, -0.1) is 0 Å². The maximum atomic E-state index is 13.1. The summed E-state index contributed by atoms with van der Waals surface area (Å²) in [5, 5.41) is 3.50. The normalized spacial score (nSPS) is 18.2. The zero-order chi connectivity index (χ0) is 21.1. The first-order valence-corrected chi connectivity index (χ1v) is 10.6. The lowest BCUT2D eigenvalue weighted by Crippen LogP contribution is -2.39. The highest BCUT2D eigenvalue weighted by molar-refractivity contribution is 6.30. The molecule has 2 aromatic rings. The number of likely N-dealkylation sites (tertiary alicyclic amines) is 1. The molecule has 7 heteroatoms. The van der Waals surface area contributed by atoms with Gasteiger partial charge >= 0.3 is 0 Å². The molecular weight excluding hydrogens is 404 g/mol. The Labute approximate surface area is 181 Å². The largest absolute Gasteiger partial charge is 0.496 e. The highest BCUT2D eigenvalue weighted by Crippen LogP contribution is 2.28. The quantitative estimate of drug-likeness (QED) is 0.725. The highest BCUT2D eigenvalue weighted by atomic mass is 35.5. The number of methoxy groups -OCH3 is 1. The summed E-state index contributed by atoms with van der Waals surface area (Å²) in [4.78, 5) is 27.0. The molecule has 158 valence electrons. The van der Waals surface area contributed by atoms with Gasteiger partial charge in [0.2, 0.25) is 0 Å². The van der Waals surface area contributed by atoms with Crippen molar-refractivity contribution in [1.82, 2.24) is 10.2 Å². The molecule has 4 rings (SSSR count). The number of nitrogens with zero attached hydrogens (tertiary/aromatic N) is 1. The van der Waals surface area contributed by atoms with Crippen LogP contribution in [-0.4, -0.2) is 49.1 Å². The van der Waals surface area contributed by atoms with Crippen molar-refractivity contribution in [2.24, 2.45) is 0 Å². The molecule has 6 nitrogen and oxygen atoms in total. The number of carbonyl (C=O) groups is 2. The van der Waals surface area contributed by atoms with Gasteiger partial charge in [-0.3, -0.25) is 9.59 Å². The summed E-state index contributed by atoms with van der Waals surface area (Å²) < 4.78 is 11.3. The van der Waals surface area contributed by atoms with Crippen LogP contribution in [0.2, 0.25) is 5.02 Å². The van der Waals surface area contributed by atoms with Gasteiger partial charge in [-0.25, -0.2) is 0 Å². The molecule has 30 heavy (non-hydrogen) atoms. The first-order valence-electron chi connectivity index (χ1n) is 10.2. The summed E-state index contributed by atoms with van der Waals surface area (Å²) in [6.45, 7) is 1.08. The molecule has 1 aliphatic carbocycles. The van der Waals surface area contributed by atoms with Crippen molar-refractivity contribution in [2.75, 3.05) is 20.3 Å². The van der Waals surface area contributed by atoms with E-state index in [9.17, 15) is 9.59 Å². The van der Waals surface area contributed by atoms with Gasteiger partial charge in [0.15, 0.2) is 0 Å². The third kappa shape index (κ3) is 4.70. The molecule has 1 saturated heterocycles. The number of ether oxygens (including phenoxy) is 2. The molecule has 0 bridgehead atoms. The summed E-state index contributed by atoms with van der Waals surface area (Å²) in [5.74, 6) is 1.02. The molecule has 0 aromatic heterocycles. The van der Waals surface area contributed by atoms with Crippen LogP contribution in [0.25, 0.3) is 0 Å². The van der Waals surface area contributed by atoms with Crippen LogP contribution in [0.1, 0.15) is 46.4 Å². The zero-order valence-electron chi connectivity index (χ0n) is 16.9. The first kappa shape index (κ1) is 20.5. The predicted molar refractivity (Wildman–Crippen MR) is 114 cm³/mol. The minimum absolute atomic E-state index is 0.0178. The minimum atomic E-state index is -0.0817. The van der Waals surface area contributed by atoms with Gasteiger partial charge in [-0.05, 0) is 68.1 Å². The molecule has 0 radical (unpaired) electrons. The molecule has 1 atom stereocenters. The van der Waals surface area contributed by atoms with Crippen LogP contribution in [0.15, 0.2) is 42.5 Å². The molecule has 0 spiro atoms. The van der Waals surface area contributed by atoms with E-state index in [0.717, 1.165) is 25.7 Å². The van der Waals surface area contributed by atoms with Crippen LogP contribution < -0.4 is 14.8 Å². The Kier molecular flexibility index (Phi) is 6.13. The van der Waals surface area contributed by atoms with Crippen molar-refractivity contribution in [3.05, 3.63) is 58.6 Å². The monoisotopic (exact) mass is 428 g/mol. The van der Waals surface area contributed by atoms with Crippen LogP contribution in [0, 0.1) is 0 Å². The van der Waals surface area contributed by atoms with Crippen LogP contribution >= 0.6 is 11.6 Å². The standard InChI is InChI=1S/C23H25ClN2O4/c1-29-21-13-16(24)6-11-20(21)23(28)26-12-2-3-18(26)14-30-19-9-4-15(5-10-19)22(27)25-17-7-8-17/h4-6,9-11,13,17-18H,2-3,7-8,12,14H2,1H3,(H,25,27)/t18-/m1/s1. The van der Waals surface area contributed by atoms with Gasteiger partial charge < -0.3 is 19.7 Å². The Hall–Kier alpha value is -2.73. The summed E-state index contributed by atoms with van der Waals surface area (Å²) in [7, 11) is 1.53.